The molecule has 0 spiro atoms. The van der Waals surface area contributed by atoms with E-state index in [2.05, 4.69) is 0 Å². The second-order valence-corrected chi connectivity index (χ2v) is 5.82. The van der Waals surface area contributed by atoms with Crippen LogP contribution in [-0.4, -0.2) is 35.1 Å². The summed E-state index contributed by atoms with van der Waals surface area (Å²) in [6.07, 6.45) is 1.72. The van der Waals surface area contributed by atoms with Crippen LogP contribution in [0.25, 0.3) is 0 Å². The average molecular weight is 260 g/mol. The zero-order valence-electron chi connectivity index (χ0n) is 8.86. The van der Waals surface area contributed by atoms with Crippen molar-refractivity contribution >= 4 is 28.8 Å². The van der Waals surface area contributed by atoms with Crippen LogP contribution in [0.1, 0.15) is 17.7 Å². The molecule has 0 aliphatic carbocycles. The van der Waals surface area contributed by atoms with Gasteiger partial charge >= 0.3 is 0 Å². The van der Waals surface area contributed by atoms with Crippen LogP contribution in [0.3, 0.4) is 0 Å². The van der Waals surface area contributed by atoms with Crippen molar-refractivity contribution in [2.75, 3.05) is 13.1 Å². The van der Waals surface area contributed by atoms with E-state index in [4.69, 9.17) is 11.6 Å². The minimum Gasteiger partial charge on any atom is -0.391 e. The Kier molecular flexibility index (Phi) is 3.84. The summed E-state index contributed by atoms with van der Waals surface area (Å²) < 4.78 is 0.710. The third-order valence-electron chi connectivity index (χ3n) is 2.70. The molecule has 5 heteroatoms. The summed E-state index contributed by atoms with van der Waals surface area (Å²) in [5.41, 5.74) is 0. The Hall–Kier alpha value is -0.580. The maximum atomic E-state index is 11.9. The van der Waals surface area contributed by atoms with E-state index in [1.54, 1.807) is 11.0 Å². The molecular weight excluding hydrogens is 246 g/mol. The van der Waals surface area contributed by atoms with E-state index in [0.29, 0.717) is 17.3 Å². The Morgan fingerprint density at radius 3 is 3.06 bits per heavy atom. The summed E-state index contributed by atoms with van der Waals surface area (Å²) in [6.45, 7) is 1.23. The molecule has 2 heterocycles. The minimum atomic E-state index is -0.357. The summed E-state index contributed by atoms with van der Waals surface area (Å²) in [5.74, 6) is 0.0808. The molecule has 1 unspecified atom stereocenters. The van der Waals surface area contributed by atoms with E-state index in [9.17, 15) is 9.90 Å². The van der Waals surface area contributed by atoms with Crippen molar-refractivity contribution in [3.8, 4) is 0 Å². The van der Waals surface area contributed by atoms with Crippen LogP contribution in [0.5, 0.6) is 0 Å². The maximum absolute atomic E-state index is 11.9. The number of carbonyl (C=O) groups is 1. The number of amides is 1. The number of thiophene rings is 1. The number of aliphatic hydroxyl groups is 1. The molecule has 2 rings (SSSR count). The van der Waals surface area contributed by atoms with Gasteiger partial charge in [0.1, 0.15) is 0 Å². The smallest absolute Gasteiger partial charge is 0.227 e. The first-order chi connectivity index (χ1) is 7.65. The number of likely N-dealkylation sites (tertiary alicyclic amines) is 1. The molecular formula is C11H14ClNO2S. The maximum Gasteiger partial charge on any atom is 0.227 e. The fourth-order valence-electron chi connectivity index (χ4n) is 1.89. The molecule has 1 aliphatic heterocycles. The molecule has 16 heavy (non-hydrogen) atoms. The molecule has 1 atom stereocenters. The molecule has 1 fully saturated rings. The molecule has 88 valence electrons. The SMILES string of the molecule is O=C(Cc1ccc(Cl)s1)N1CCCC(O)C1. The second-order valence-electron chi connectivity index (χ2n) is 4.02. The lowest BCUT2D eigenvalue weighted by atomic mass is 10.1. The Morgan fingerprint density at radius 2 is 2.44 bits per heavy atom. The van der Waals surface area contributed by atoms with Crippen LogP contribution in [-0.2, 0) is 11.2 Å². The number of hydrogen-bond donors (Lipinski definition) is 1. The van der Waals surface area contributed by atoms with Gasteiger partial charge in [-0.1, -0.05) is 11.6 Å². The lowest BCUT2D eigenvalue weighted by Gasteiger charge is -2.30. The first-order valence-corrected chi connectivity index (χ1v) is 6.54. The normalized spacial score (nSPS) is 21.1. The summed E-state index contributed by atoms with van der Waals surface area (Å²) in [5, 5.41) is 9.49. The standard InChI is InChI=1S/C11H14ClNO2S/c12-10-4-3-9(16-10)6-11(15)13-5-1-2-8(14)7-13/h3-4,8,14H,1-2,5-7H2. The van der Waals surface area contributed by atoms with Crippen molar-refractivity contribution in [2.45, 2.75) is 25.4 Å². The van der Waals surface area contributed by atoms with Gasteiger partial charge in [0.25, 0.3) is 0 Å². The zero-order chi connectivity index (χ0) is 11.5. The number of β-amino-alcohol motifs (C(OH)–C–C–N with tert-alkyl or cyclic N) is 1. The van der Waals surface area contributed by atoms with Gasteiger partial charge in [0.05, 0.1) is 16.9 Å². The quantitative estimate of drug-likeness (QED) is 0.882. The highest BCUT2D eigenvalue weighted by molar-refractivity contribution is 7.16. The Bertz CT molecular complexity index is 380. The van der Waals surface area contributed by atoms with Crippen LogP contribution >= 0.6 is 22.9 Å². The molecule has 1 aromatic rings. The molecule has 1 aromatic heterocycles. The van der Waals surface area contributed by atoms with E-state index in [-0.39, 0.29) is 12.0 Å². The van der Waals surface area contributed by atoms with Gasteiger partial charge < -0.3 is 10.0 Å². The largest absolute Gasteiger partial charge is 0.391 e. The summed E-state index contributed by atoms with van der Waals surface area (Å²) in [4.78, 5) is 14.6. The van der Waals surface area contributed by atoms with Crippen LogP contribution in [0.15, 0.2) is 12.1 Å². The molecule has 3 nitrogen and oxygen atoms in total. The van der Waals surface area contributed by atoms with Crippen molar-refractivity contribution in [3.05, 3.63) is 21.3 Å². The van der Waals surface area contributed by atoms with Gasteiger partial charge in [-0.3, -0.25) is 4.79 Å². The molecule has 0 saturated carbocycles. The average Bonchev–Trinajstić information content (AvgIpc) is 2.64. The molecule has 0 aromatic carbocycles. The molecule has 1 aliphatic rings. The highest BCUT2D eigenvalue weighted by Gasteiger charge is 2.22. The Morgan fingerprint density at radius 1 is 1.62 bits per heavy atom. The zero-order valence-corrected chi connectivity index (χ0v) is 10.4. The Balaban J connectivity index is 1.92. The van der Waals surface area contributed by atoms with Gasteiger partial charge in [-0.2, -0.15) is 0 Å². The van der Waals surface area contributed by atoms with Crippen LogP contribution in [0.4, 0.5) is 0 Å². The number of rotatable bonds is 2. The molecule has 1 amide bonds. The van der Waals surface area contributed by atoms with Crippen molar-refractivity contribution in [3.63, 3.8) is 0 Å². The highest BCUT2D eigenvalue weighted by Crippen LogP contribution is 2.22. The lowest BCUT2D eigenvalue weighted by Crippen LogP contribution is -2.42. The number of nitrogens with zero attached hydrogens (tertiary/aromatic N) is 1. The van der Waals surface area contributed by atoms with Crippen molar-refractivity contribution in [2.24, 2.45) is 0 Å². The molecule has 1 N–H and O–H groups in total. The fourth-order valence-corrected chi connectivity index (χ4v) is 2.97. The number of piperidine rings is 1. The van der Waals surface area contributed by atoms with Gasteiger partial charge in [0, 0.05) is 18.0 Å². The number of aliphatic hydroxyl groups excluding tert-OH is 1. The third-order valence-corrected chi connectivity index (χ3v) is 3.93. The van der Waals surface area contributed by atoms with E-state index < -0.39 is 0 Å². The van der Waals surface area contributed by atoms with E-state index in [1.165, 1.54) is 11.3 Å². The topological polar surface area (TPSA) is 40.5 Å². The molecule has 1 saturated heterocycles. The van der Waals surface area contributed by atoms with Crippen molar-refractivity contribution in [1.82, 2.24) is 4.90 Å². The summed E-state index contributed by atoms with van der Waals surface area (Å²) in [7, 11) is 0. The predicted octanol–water partition coefficient (Wildman–Crippen LogP) is 1.93. The van der Waals surface area contributed by atoms with E-state index >= 15 is 0 Å². The first-order valence-electron chi connectivity index (χ1n) is 5.35. The van der Waals surface area contributed by atoms with E-state index in [0.717, 1.165) is 24.3 Å². The first kappa shape index (κ1) is 11.9. The Labute approximate surface area is 104 Å². The van der Waals surface area contributed by atoms with Crippen molar-refractivity contribution in [1.29, 1.82) is 0 Å². The predicted molar refractivity (Wildman–Crippen MR) is 64.9 cm³/mol. The minimum absolute atomic E-state index is 0.0808. The van der Waals surface area contributed by atoms with Gasteiger partial charge in [-0.05, 0) is 25.0 Å². The second kappa shape index (κ2) is 5.17. The van der Waals surface area contributed by atoms with Crippen LogP contribution < -0.4 is 0 Å². The fraction of sp³-hybridized carbons (Fsp3) is 0.545. The lowest BCUT2D eigenvalue weighted by molar-refractivity contribution is -0.133. The molecule has 0 radical (unpaired) electrons. The summed E-state index contributed by atoms with van der Waals surface area (Å²) in [6, 6.07) is 3.69. The summed E-state index contributed by atoms with van der Waals surface area (Å²) >= 11 is 7.24. The van der Waals surface area contributed by atoms with Crippen LogP contribution in [0, 0.1) is 0 Å². The van der Waals surface area contributed by atoms with Gasteiger partial charge in [0.15, 0.2) is 0 Å². The third kappa shape index (κ3) is 2.97. The number of carbonyl (C=O) groups excluding carboxylic acids is 1. The molecule has 0 bridgehead atoms. The van der Waals surface area contributed by atoms with E-state index in [1.807, 2.05) is 6.07 Å². The van der Waals surface area contributed by atoms with Crippen LogP contribution in [0.2, 0.25) is 4.34 Å². The highest BCUT2D eigenvalue weighted by atomic mass is 35.5. The van der Waals surface area contributed by atoms with Gasteiger partial charge in [-0.25, -0.2) is 0 Å². The number of halogens is 1. The van der Waals surface area contributed by atoms with Gasteiger partial charge in [0.2, 0.25) is 5.91 Å². The van der Waals surface area contributed by atoms with Crippen molar-refractivity contribution < 1.29 is 9.90 Å². The number of hydrogen-bond acceptors (Lipinski definition) is 3. The van der Waals surface area contributed by atoms with Gasteiger partial charge in [-0.15, -0.1) is 11.3 Å². The monoisotopic (exact) mass is 259 g/mol.